The molecule has 1 unspecified atom stereocenters. The highest BCUT2D eigenvalue weighted by Gasteiger charge is 2.12. The molecule has 66 valence electrons. The van der Waals surface area contributed by atoms with E-state index in [1.165, 1.54) is 6.26 Å². The van der Waals surface area contributed by atoms with E-state index in [2.05, 4.69) is 0 Å². The summed E-state index contributed by atoms with van der Waals surface area (Å²) in [5.41, 5.74) is 0. The van der Waals surface area contributed by atoms with Gasteiger partial charge < -0.3 is 9.15 Å². The zero-order chi connectivity index (χ0) is 8.97. The zero-order valence-electron chi connectivity index (χ0n) is 7.24. The molecule has 0 aromatic carbocycles. The van der Waals surface area contributed by atoms with Crippen LogP contribution in [0.5, 0.6) is 0 Å². The summed E-state index contributed by atoms with van der Waals surface area (Å²) in [7, 11) is 1.58. The summed E-state index contributed by atoms with van der Waals surface area (Å²) in [5, 5.41) is 0. The molecule has 1 heterocycles. The molecule has 1 aromatic rings. The molecule has 0 saturated heterocycles. The van der Waals surface area contributed by atoms with E-state index in [9.17, 15) is 4.79 Å². The van der Waals surface area contributed by atoms with Gasteiger partial charge in [-0.15, -0.1) is 0 Å². The molecule has 1 atom stereocenters. The van der Waals surface area contributed by atoms with Crippen molar-refractivity contribution in [3.05, 3.63) is 24.2 Å². The van der Waals surface area contributed by atoms with Gasteiger partial charge in [0, 0.05) is 13.5 Å². The molecule has 3 nitrogen and oxygen atoms in total. The minimum absolute atomic E-state index is 0.0191. The van der Waals surface area contributed by atoms with Gasteiger partial charge in [0.15, 0.2) is 5.76 Å². The van der Waals surface area contributed by atoms with Gasteiger partial charge in [-0.2, -0.15) is 0 Å². The Hall–Kier alpha value is -1.09. The Labute approximate surface area is 71.3 Å². The number of furan rings is 1. The summed E-state index contributed by atoms with van der Waals surface area (Å²) in [6.45, 7) is 1.85. The second kappa shape index (κ2) is 4.07. The lowest BCUT2D eigenvalue weighted by Gasteiger charge is -2.05. The molecule has 0 spiro atoms. The van der Waals surface area contributed by atoms with Gasteiger partial charge in [-0.25, -0.2) is 0 Å². The van der Waals surface area contributed by atoms with Crippen LogP contribution in [-0.2, 0) is 4.74 Å². The van der Waals surface area contributed by atoms with E-state index in [1.807, 2.05) is 6.92 Å². The molecule has 0 aliphatic heterocycles. The van der Waals surface area contributed by atoms with Gasteiger partial charge in [-0.3, -0.25) is 4.79 Å². The second-order valence-corrected chi connectivity index (χ2v) is 2.65. The van der Waals surface area contributed by atoms with Crippen LogP contribution in [0.2, 0.25) is 0 Å². The minimum atomic E-state index is -0.0531. The highest BCUT2D eigenvalue weighted by atomic mass is 16.5. The van der Waals surface area contributed by atoms with Crippen LogP contribution in [-0.4, -0.2) is 19.0 Å². The highest BCUT2D eigenvalue weighted by molar-refractivity contribution is 5.93. The topological polar surface area (TPSA) is 39.4 Å². The van der Waals surface area contributed by atoms with Crippen LogP contribution in [0, 0.1) is 0 Å². The van der Waals surface area contributed by atoms with Crippen molar-refractivity contribution in [2.45, 2.75) is 19.4 Å². The number of ketones is 1. The van der Waals surface area contributed by atoms with Crippen molar-refractivity contribution in [2.24, 2.45) is 0 Å². The summed E-state index contributed by atoms with van der Waals surface area (Å²) in [6.07, 6.45) is 1.80. The lowest BCUT2D eigenvalue weighted by Crippen LogP contribution is -2.11. The standard InChI is InChI=1S/C9H12O3/c1-7(11-2)6-8(10)9-4-3-5-12-9/h3-5,7H,6H2,1-2H3. The third kappa shape index (κ3) is 2.20. The van der Waals surface area contributed by atoms with Gasteiger partial charge in [0.05, 0.1) is 12.4 Å². The molecule has 0 bridgehead atoms. The first-order valence-electron chi connectivity index (χ1n) is 3.83. The van der Waals surface area contributed by atoms with Gasteiger partial charge in [-0.1, -0.05) is 0 Å². The van der Waals surface area contributed by atoms with Gasteiger partial charge in [0.1, 0.15) is 0 Å². The molecular formula is C9H12O3. The fourth-order valence-corrected chi connectivity index (χ4v) is 0.882. The second-order valence-electron chi connectivity index (χ2n) is 2.65. The molecule has 0 N–H and O–H groups in total. The minimum Gasteiger partial charge on any atom is -0.461 e. The quantitative estimate of drug-likeness (QED) is 0.644. The molecule has 12 heavy (non-hydrogen) atoms. The highest BCUT2D eigenvalue weighted by Crippen LogP contribution is 2.07. The fourth-order valence-electron chi connectivity index (χ4n) is 0.882. The third-order valence-electron chi connectivity index (χ3n) is 1.67. The van der Waals surface area contributed by atoms with E-state index in [0.717, 1.165) is 0 Å². The predicted octanol–water partition coefficient (Wildman–Crippen LogP) is 1.89. The first kappa shape index (κ1) is 9.00. The van der Waals surface area contributed by atoms with E-state index in [1.54, 1.807) is 19.2 Å². The fraction of sp³-hybridized carbons (Fsp3) is 0.444. The molecule has 1 rings (SSSR count). The Morgan fingerprint density at radius 3 is 3.00 bits per heavy atom. The van der Waals surface area contributed by atoms with Gasteiger partial charge in [0.25, 0.3) is 0 Å². The van der Waals surface area contributed by atoms with Crippen molar-refractivity contribution in [2.75, 3.05) is 7.11 Å². The number of methoxy groups -OCH3 is 1. The van der Waals surface area contributed by atoms with Gasteiger partial charge in [0.2, 0.25) is 5.78 Å². The Kier molecular flexibility index (Phi) is 3.05. The summed E-state index contributed by atoms with van der Waals surface area (Å²) in [6, 6.07) is 3.36. The van der Waals surface area contributed by atoms with Gasteiger partial charge >= 0.3 is 0 Å². The van der Waals surface area contributed by atoms with Crippen molar-refractivity contribution in [3.8, 4) is 0 Å². The van der Waals surface area contributed by atoms with Crippen molar-refractivity contribution >= 4 is 5.78 Å². The van der Waals surface area contributed by atoms with E-state index >= 15 is 0 Å². The maximum absolute atomic E-state index is 11.3. The first-order valence-corrected chi connectivity index (χ1v) is 3.83. The van der Waals surface area contributed by atoms with Crippen LogP contribution in [0.1, 0.15) is 23.9 Å². The lowest BCUT2D eigenvalue weighted by atomic mass is 10.1. The van der Waals surface area contributed by atoms with E-state index < -0.39 is 0 Å². The summed E-state index contributed by atoms with van der Waals surface area (Å²) < 4.78 is 9.89. The Morgan fingerprint density at radius 1 is 1.75 bits per heavy atom. The van der Waals surface area contributed by atoms with Crippen LogP contribution in [0.3, 0.4) is 0 Å². The molecule has 0 radical (unpaired) electrons. The van der Waals surface area contributed by atoms with E-state index in [-0.39, 0.29) is 11.9 Å². The largest absolute Gasteiger partial charge is 0.461 e. The van der Waals surface area contributed by atoms with Crippen molar-refractivity contribution < 1.29 is 13.9 Å². The molecule has 0 aliphatic carbocycles. The summed E-state index contributed by atoms with van der Waals surface area (Å²) in [4.78, 5) is 11.3. The first-order chi connectivity index (χ1) is 5.74. The molecule has 0 aliphatic rings. The number of rotatable bonds is 4. The third-order valence-corrected chi connectivity index (χ3v) is 1.67. The van der Waals surface area contributed by atoms with Crippen LogP contribution >= 0.6 is 0 Å². The zero-order valence-corrected chi connectivity index (χ0v) is 7.24. The number of ether oxygens (including phenoxy) is 1. The monoisotopic (exact) mass is 168 g/mol. The Morgan fingerprint density at radius 2 is 2.50 bits per heavy atom. The van der Waals surface area contributed by atoms with Gasteiger partial charge in [-0.05, 0) is 19.1 Å². The number of carbonyl (C=O) groups is 1. The van der Waals surface area contributed by atoms with E-state index in [4.69, 9.17) is 9.15 Å². The van der Waals surface area contributed by atoms with Crippen molar-refractivity contribution in [1.29, 1.82) is 0 Å². The van der Waals surface area contributed by atoms with E-state index in [0.29, 0.717) is 12.2 Å². The van der Waals surface area contributed by atoms with Crippen LogP contribution < -0.4 is 0 Å². The average Bonchev–Trinajstić information content (AvgIpc) is 2.56. The summed E-state index contributed by atoms with van der Waals surface area (Å²) >= 11 is 0. The number of hydrogen-bond donors (Lipinski definition) is 0. The smallest absolute Gasteiger partial charge is 0.200 e. The number of carbonyl (C=O) groups excluding carboxylic acids is 1. The molecular weight excluding hydrogens is 156 g/mol. The van der Waals surface area contributed by atoms with Crippen molar-refractivity contribution in [1.82, 2.24) is 0 Å². The Balaban J connectivity index is 2.50. The number of hydrogen-bond acceptors (Lipinski definition) is 3. The predicted molar refractivity (Wildman–Crippen MR) is 44.1 cm³/mol. The Bertz CT molecular complexity index is 238. The molecule has 0 saturated carbocycles. The molecule has 0 amide bonds. The van der Waals surface area contributed by atoms with Crippen LogP contribution in [0.15, 0.2) is 22.8 Å². The van der Waals surface area contributed by atoms with Crippen LogP contribution in [0.4, 0.5) is 0 Å². The SMILES string of the molecule is COC(C)CC(=O)c1ccco1. The summed E-state index contributed by atoms with van der Waals surface area (Å²) in [5.74, 6) is 0.383. The molecule has 3 heteroatoms. The average molecular weight is 168 g/mol. The lowest BCUT2D eigenvalue weighted by molar-refractivity contribution is 0.0769. The maximum Gasteiger partial charge on any atom is 0.200 e. The van der Waals surface area contributed by atoms with Crippen LogP contribution in [0.25, 0.3) is 0 Å². The normalized spacial score (nSPS) is 12.8. The van der Waals surface area contributed by atoms with Crippen molar-refractivity contribution in [3.63, 3.8) is 0 Å². The molecule has 0 fully saturated rings. The number of Topliss-reactive ketones (excluding diaryl/α,β-unsaturated/α-hetero) is 1. The maximum atomic E-state index is 11.3. The molecule has 1 aromatic heterocycles.